The van der Waals surface area contributed by atoms with Crippen LogP contribution in [0.3, 0.4) is 0 Å². The van der Waals surface area contributed by atoms with E-state index in [1.807, 2.05) is 0 Å². The lowest BCUT2D eigenvalue weighted by Crippen LogP contribution is -2.42. The number of aryl methyl sites for hydroxylation is 1. The molecule has 24 heavy (non-hydrogen) atoms. The molecular weight excluding hydrogens is 292 g/mol. The molecule has 0 atom stereocenters. The molecule has 126 valence electrons. The summed E-state index contributed by atoms with van der Waals surface area (Å²) in [6.07, 6.45) is 1.23. The smallest absolute Gasteiger partial charge is 0.213 e. The Balaban J connectivity index is 2.08. The van der Waals surface area contributed by atoms with Crippen LogP contribution in [0.1, 0.15) is 50.9 Å². The summed E-state index contributed by atoms with van der Waals surface area (Å²) in [6.45, 7) is 14.2. The van der Waals surface area contributed by atoms with E-state index < -0.39 is 0 Å². The molecule has 1 aromatic heterocycles. The molecule has 0 spiro atoms. The summed E-state index contributed by atoms with van der Waals surface area (Å²) in [7, 11) is 2.25. The van der Waals surface area contributed by atoms with Crippen molar-refractivity contribution >= 4 is 5.69 Å². The minimum Gasteiger partial charge on any atom is -0.365 e. The van der Waals surface area contributed by atoms with Gasteiger partial charge in [-0.15, -0.1) is 0 Å². The Morgan fingerprint density at radius 2 is 1.75 bits per heavy atom. The average Bonchev–Trinajstić information content (AvgIpc) is 2.78. The van der Waals surface area contributed by atoms with Gasteiger partial charge in [-0.25, -0.2) is 0 Å². The van der Waals surface area contributed by atoms with Gasteiger partial charge in [-0.2, -0.15) is 4.57 Å². The van der Waals surface area contributed by atoms with Crippen molar-refractivity contribution in [2.75, 3.05) is 18.0 Å². The second-order valence-corrected chi connectivity index (χ2v) is 8.95. The molecule has 0 bridgehead atoms. The summed E-state index contributed by atoms with van der Waals surface area (Å²) in [5, 5.41) is 0. The topological polar surface area (TPSA) is 7.12 Å². The fraction of sp³-hybridized carbons (Fsp3) is 0.500. The van der Waals surface area contributed by atoms with Crippen molar-refractivity contribution in [1.82, 2.24) is 0 Å². The van der Waals surface area contributed by atoms with Crippen molar-refractivity contribution in [3.63, 3.8) is 0 Å². The zero-order valence-electron chi connectivity index (χ0n) is 15.9. The number of benzene rings is 1. The predicted molar refractivity (Wildman–Crippen MR) is 101 cm³/mol. The van der Waals surface area contributed by atoms with Gasteiger partial charge in [-0.3, -0.25) is 0 Å². The van der Waals surface area contributed by atoms with Crippen LogP contribution in [0.2, 0.25) is 0 Å². The Morgan fingerprint density at radius 3 is 2.46 bits per heavy atom. The number of anilines is 1. The van der Waals surface area contributed by atoms with Gasteiger partial charge in [-0.1, -0.05) is 32.0 Å². The minimum absolute atomic E-state index is 0.192. The molecule has 2 aromatic rings. The quantitative estimate of drug-likeness (QED) is 0.712. The summed E-state index contributed by atoms with van der Waals surface area (Å²) < 4.78 is 2.46. The van der Waals surface area contributed by atoms with Gasteiger partial charge < -0.3 is 4.90 Å². The largest absolute Gasteiger partial charge is 0.365 e. The molecule has 0 unspecified atom stereocenters. The SMILES string of the molecule is Cc1ccccc1-c1cc2c3c([n+]1C)C(C)(C)CN3CCC2(C)C. The standard InChI is InChI=1S/C22H29N2/c1-15-9-7-8-10-16(15)18-13-17-19-20(23(18)6)22(4,5)14-24(19)12-11-21(17,2)3/h7-10,13H,11-12,14H2,1-6H3/q+1. The van der Waals surface area contributed by atoms with Gasteiger partial charge >= 0.3 is 0 Å². The Hall–Kier alpha value is -1.83. The molecule has 2 aliphatic rings. The summed E-state index contributed by atoms with van der Waals surface area (Å²) in [4.78, 5) is 2.62. The van der Waals surface area contributed by atoms with Crippen LogP contribution >= 0.6 is 0 Å². The van der Waals surface area contributed by atoms with E-state index in [-0.39, 0.29) is 10.8 Å². The monoisotopic (exact) mass is 321 g/mol. The van der Waals surface area contributed by atoms with Crippen molar-refractivity contribution < 1.29 is 4.57 Å². The van der Waals surface area contributed by atoms with Gasteiger partial charge in [0.1, 0.15) is 12.7 Å². The maximum atomic E-state index is 2.62. The van der Waals surface area contributed by atoms with E-state index in [0.717, 1.165) is 6.54 Å². The zero-order chi connectivity index (χ0) is 17.3. The predicted octanol–water partition coefficient (Wildman–Crippen LogP) is 4.27. The molecule has 0 aliphatic carbocycles. The van der Waals surface area contributed by atoms with E-state index >= 15 is 0 Å². The van der Waals surface area contributed by atoms with Crippen LogP contribution in [-0.4, -0.2) is 13.1 Å². The first-order chi connectivity index (χ1) is 11.2. The lowest BCUT2D eigenvalue weighted by Gasteiger charge is -2.37. The molecule has 2 heteroatoms. The Bertz CT molecular complexity index is 830. The number of aromatic nitrogens is 1. The van der Waals surface area contributed by atoms with Gasteiger partial charge in [0.05, 0.1) is 5.41 Å². The average molecular weight is 321 g/mol. The van der Waals surface area contributed by atoms with Crippen molar-refractivity contribution in [3.05, 3.63) is 47.2 Å². The first-order valence-corrected chi connectivity index (χ1v) is 9.11. The molecule has 0 saturated heterocycles. The molecule has 1 aromatic carbocycles. The number of nitrogens with zero attached hydrogens (tertiary/aromatic N) is 2. The van der Waals surface area contributed by atoms with Crippen LogP contribution in [0.4, 0.5) is 5.69 Å². The highest BCUT2D eigenvalue weighted by molar-refractivity contribution is 5.71. The van der Waals surface area contributed by atoms with E-state index in [1.165, 1.54) is 46.7 Å². The third-order valence-electron chi connectivity index (χ3n) is 6.16. The van der Waals surface area contributed by atoms with E-state index in [9.17, 15) is 0 Å². The van der Waals surface area contributed by atoms with Crippen LogP contribution in [0, 0.1) is 6.92 Å². The number of hydrogen-bond acceptors (Lipinski definition) is 1. The molecule has 2 aliphatic heterocycles. The van der Waals surface area contributed by atoms with Crippen LogP contribution < -0.4 is 9.47 Å². The van der Waals surface area contributed by atoms with Gasteiger partial charge in [-0.05, 0) is 49.8 Å². The molecule has 0 fully saturated rings. The van der Waals surface area contributed by atoms with Gasteiger partial charge in [0, 0.05) is 24.7 Å². The van der Waals surface area contributed by atoms with E-state index in [2.05, 4.69) is 81.5 Å². The summed E-state index contributed by atoms with van der Waals surface area (Å²) >= 11 is 0. The molecule has 0 amide bonds. The van der Waals surface area contributed by atoms with Crippen molar-refractivity contribution in [3.8, 4) is 11.3 Å². The lowest BCUT2D eigenvalue weighted by molar-refractivity contribution is -0.670. The molecule has 0 radical (unpaired) electrons. The van der Waals surface area contributed by atoms with Crippen LogP contribution in [-0.2, 0) is 17.9 Å². The third kappa shape index (κ3) is 2.05. The van der Waals surface area contributed by atoms with Crippen molar-refractivity contribution in [1.29, 1.82) is 0 Å². The highest BCUT2D eigenvalue weighted by atomic mass is 15.2. The minimum atomic E-state index is 0.192. The summed E-state index contributed by atoms with van der Waals surface area (Å²) in [5.74, 6) is 0. The molecule has 3 heterocycles. The maximum absolute atomic E-state index is 2.62. The normalized spacial score (nSPS) is 20.2. The summed E-state index contributed by atoms with van der Waals surface area (Å²) in [5.41, 5.74) is 9.04. The van der Waals surface area contributed by atoms with Crippen LogP contribution in [0.5, 0.6) is 0 Å². The second kappa shape index (κ2) is 4.84. The number of pyridine rings is 1. The van der Waals surface area contributed by atoms with Gasteiger partial charge in [0.15, 0.2) is 0 Å². The third-order valence-corrected chi connectivity index (χ3v) is 6.16. The second-order valence-electron chi connectivity index (χ2n) is 8.95. The molecule has 0 saturated carbocycles. The highest BCUT2D eigenvalue weighted by Gasteiger charge is 2.49. The highest BCUT2D eigenvalue weighted by Crippen LogP contribution is 2.49. The first-order valence-electron chi connectivity index (χ1n) is 9.11. The van der Waals surface area contributed by atoms with Crippen LogP contribution in [0.25, 0.3) is 11.3 Å². The lowest BCUT2D eigenvalue weighted by atomic mass is 9.76. The number of rotatable bonds is 1. The Labute approximate surface area is 146 Å². The van der Waals surface area contributed by atoms with E-state index in [1.54, 1.807) is 0 Å². The number of hydrogen-bond donors (Lipinski definition) is 0. The van der Waals surface area contributed by atoms with Crippen LogP contribution in [0.15, 0.2) is 30.3 Å². The Morgan fingerprint density at radius 1 is 1.04 bits per heavy atom. The van der Waals surface area contributed by atoms with Gasteiger partial charge in [0.25, 0.3) is 0 Å². The van der Waals surface area contributed by atoms with Gasteiger partial charge in [0.2, 0.25) is 11.4 Å². The van der Waals surface area contributed by atoms with Crippen molar-refractivity contribution in [2.45, 2.75) is 51.9 Å². The fourth-order valence-electron chi connectivity index (χ4n) is 4.81. The van der Waals surface area contributed by atoms with E-state index in [4.69, 9.17) is 0 Å². The molecule has 4 rings (SSSR count). The zero-order valence-corrected chi connectivity index (χ0v) is 15.9. The summed E-state index contributed by atoms with van der Waals surface area (Å²) in [6, 6.07) is 11.2. The first kappa shape index (κ1) is 15.7. The molecule has 2 nitrogen and oxygen atoms in total. The van der Waals surface area contributed by atoms with E-state index in [0.29, 0.717) is 0 Å². The fourth-order valence-corrected chi connectivity index (χ4v) is 4.81. The molecular formula is C22H29N2+. The Kier molecular flexibility index (Phi) is 3.16. The molecule has 0 N–H and O–H groups in total. The van der Waals surface area contributed by atoms with Crippen molar-refractivity contribution in [2.24, 2.45) is 7.05 Å². The maximum Gasteiger partial charge on any atom is 0.213 e.